The number of fused-ring (bicyclic) bond motifs is 1. The largest absolute Gasteiger partial charge is 0.277 e. The van der Waals surface area contributed by atoms with E-state index in [1.165, 1.54) is 7.11 Å². The molecule has 90 valence electrons. The summed E-state index contributed by atoms with van der Waals surface area (Å²) >= 11 is 0. The number of hydrogen-bond acceptors (Lipinski definition) is 4. The third kappa shape index (κ3) is 1.87. The summed E-state index contributed by atoms with van der Waals surface area (Å²) in [5.41, 5.74) is 5.08. The third-order valence-corrected chi connectivity index (χ3v) is 2.54. The predicted octanol–water partition coefficient (Wildman–Crippen LogP) is 0.876. The van der Waals surface area contributed by atoms with Crippen LogP contribution in [0.2, 0.25) is 0 Å². The lowest BCUT2D eigenvalue weighted by atomic mass is 10.1. The fourth-order valence-electron chi connectivity index (χ4n) is 1.90. The SMILES string of the molecule is CONC(=O)c1cc(C)nc2c1c(C)nn2C. The van der Waals surface area contributed by atoms with Gasteiger partial charge in [0.15, 0.2) is 5.65 Å². The Kier molecular flexibility index (Phi) is 2.81. The van der Waals surface area contributed by atoms with Gasteiger partial charge in [0.1, 0.15) is 0 Å². The summed E-state index contributed by atoms with van der Waals surface area (Å²) in [6.45, 7) is 3.69. The lowest BCUT2D eigenvalue weighted by Crippen LogP contribution is -2.22. The Morgan fingerprint density at radius 3 is 2.82 bits per heavy atom. The molecule has 0 aromatic carbocycles. The zero-order valence-corrected chi connectivity index (χ0v) is 10.2. The van der Waals surface area contributed by atoms with E-state index in [0.29, 0.717) is 11.2 Å². The van der Waals surface area contributed by atoms with Gasteiger partial charge in [0, 0.05) is 12.7 Å². The first-order chi connectivity index (χ1) is 8.04. The van der Waals surface area contributed by atoms with E-state index in [1.54, 1.807) is 17.8 Å². The fourth-order valence-corrected chi connectivity index (χ4v) is 1.90. The zero-order valence-electron chi connectivity index (χ0n) is 10.2. The molecule has 0 radical (unpaired) electrons. The highest BCUT2D eigenvalue weighted by Crippen LogP contribution is 2.21. The molecule has 6 nitrogen and oxygen atoms in total. The van der Waals surface area contributed by atoms with Crippen LogP contribution in [0.25, 0.3) is 11.0 Å². The van der Waals surface area contributed by atoms with Gasteiger partial charge >= 0.3 is 0 Å². The minimum absolute atomic E-state index is 0.292. The molecular formula is C11H14N4O2. The molecule has 0 aliphatic rings. The van der Waals surface area contributed by atoms with Crippen molar-refractivity contribution in [1.29, 1.82) is 0 Å². The van der Waals surface area contributed by atoms with Crippen molar-refractivity contribution in [2.45, 2.75) is 13.8 Å². The highest BCUT2D eigenvalue weighted by molar-refractivity contribution is 6.06. The van der Waals surface area contributed by atoms with Crippen LogP contribution in [0.4, 0.5) is 0 Å². The van der Waals surface area contributed by atoms with Gasteiger partial charge < -0.3 is 0 Å². The van der Waals surface area contributed by atoms with Gasteiger partial charge in [0.05, 0.1) is 23.8 Å². The van der Waals surface area contributed by atoms with Gasteiger partial charge in [-0.2, -0.15) is 5.10 Å². The van der Waals surface area contributed by atoms with E-state index in [9.17, 15) is 4.79 Å². The van der Waals surface area contributed by atoms with Crippen molar-refractivity contribution >= 4 is 16.9 Å². The Bertz CT molecular complexity index is 589. The molecule has 0 fully saturated rings. The molecule has 0 saturated heterocycles. The van der Waals surface area contributed by atoms with E-state index in [4.69, 9.17) is 0 Å². The van der Waals surface area contributed by atoms with Crippen molar-refractivity contribution in [2.24, 2.45) is 7.05 Å². The first kappa shape index (κ1) is 11.5. The number of aromatic nitrogens is 3. The van der Waals surface area contributed by atoms with Gasteiger partial charge in [-0.15, -0.1) is 0 Å². The van der Waals surface area contributed by atoms with Crippen molar-refractivity contribution < 1.29 is 9.63 Å². The molecule has 2 aromatic rings. The third-order valence-electron chi connectivity index (χ3n) is 2.54. The highest BCUT2D eigenvalue weighted by Gasteiger charge is 2.17. The van der Waals surface area contributed by atoms with E-state index in [2.05, 4.69) is 20.4 Å². The van der Waals surface area contributed by atoms with Crippen LogP contribution in [0, 0.1) is 13.8 Å². The molecule has 0 bridgehead atoms. The van der Waals surface area contributed by atoms with Crippen LogP contribution in [0.15, 0.2) is 6.07 Å². The number of pyridine rings is 1. The van der Waals surface area contributed by atoms with Crippen LogP contribution in [-0.2, 0) is 11.9 Å². The summed E-state index contributed by atoms with van der Waals surface area (Å²) in [5, 5.41) is 5.02. The lowest BCUT2D eigenvalue weighted by molar-refractivity contribution is 0.0539. The van der Waals surface area contributed by atoms with Gasteiger partial charge in [-0.25, -0.2) is 10.5 Å². The van der Waals surface area contributed by atoms with Crippen LogP contribution < -0.4 is 5.48 Å². The maximum absolute atomic E-state index is 11.9. The number of nitrogens with one attached hydrogen (secondary N) is 1. The Balaban J connectivity index is 2.73. The van der Waals surface area contributed by atoms with Gasteiger partial charge in [0.2, 0.25) is 0 Å². The topological polar surface area (TPSA) is 69.0 Å². The fraction of sp³-hybridized carbons (Fsp3) is 0.364. The Morgan fingerprint density at radius 2 is 2.18 bits per heavy atom. The van der Waals surface area contributed by atoms with Crippen LogP contribution in [0.1, 0.15) is 21.7 Å². The molecule has 0 aliphatic heterocycles. The zero-order chi connectivity index (χ0) is 12.6. The molecule has 2 aromatic heterocycles. The van der Waals surface area contributed by atoms with Crippen molar-refractivity contribution in [3.8, 4) is 0 Å². The van der Waals surface area contributed by atoms with Crippen LogP contribution in [0.3, 0.4) is 0 Å². The van der Waals surface area contributed by atoms with Gasteiger partial charge in [0.25, 0.3) is 5.91 Å². The van der Waals surface area contributed by atoms with E-state index in [0.717, 1.165) is 16.8 Å². The quantitative estimate of drug-likeness (QED) is 0.783. The molecular weight excluding hydrogens is 220 g/mol. The summed E-state index contributed by atoms with van der Waals surface area (Å²) in [6, 6.07) is 1.73. The second-order valence-electron chi connectivity index (χ2n) is 3.85. The van der Waals surface area contributed by atoms with Gasteiger partial charge in [-0.05, 0) is 19.9 Å². The second-order valence-corrected chi connectivity index (χ2v) is 3.85. The number of rotatable bonds is 2. The molecule has 0 saturated carbocycles. The van der Waals surface area contributed by atoms with Crippen molar-refractivity contribution in [3.05, 3.63) is 23.0 Å². The molecule has 0 spiro atoms. The monoisotopic (exact) mass is 234 g/mol. The minimum Gasteiger partial charge on any atom is -0.277 e. The summed E-state index contributed by atoms with van der Waals surface area (Å²) in [7, 11) is 3.21. The van der Waals surface area contributed by atoms with Crippen molar-refractivity contribution in [1.82, 2.24) is 20.2 Å². The number of amides is 1. The standard InChI is InChI=1S/C11H14N4O2/c1-6-5-8(11(16)14-17-4)9-7(2)13-15(3)10(9)12-6/h5H,1-4H3,(H,14,16). The Morgan fingerprint density at radius 1 is 1.47 bits per heavy atom. The highest BCUT2D eigenvalue weighted by atomic mass is 16.6. The number of carbonyl (C=O) groups is 1. The molecule has 6 heteroatoms. The maximum atomic E-state index is 11.9. The first-order valence-electron chi connectivity index (χ1n) is 5.19. The van der Waals surface area contributed by atoms with Crippen molar-refractivity contribution in [3.63, 3.8) is 0 Å². The average molecular weight is 234 g/mol. The molecule has 2 rings (SSSR count). The molecule has 17 heavy (non-hydrogen) atoms. The van der Waals surface area contributed by atoms with Crippen molar-refractivity contribution in [2.75, 3.05) is 7.11 Å². The summed E-state index contributed by atoms with van der Waals surface area (Å²) in [6.07, 6.45) is 0. The number of nitrogens with zero attached hydrogens (tertiary/aromatic N) is 3. The summed E-state index contributed by atoms with van der Waals surface area (Å²) < 4.78 is 1.67. The minimum atomic E-state index is -0.292. The van der Waals surface area contributed by atoms with Crippen LogP contribution in [0.5, 0.6) is 0 Å². The molecule has 1 N–H and O–H groups in total. The maximum Gasteiger partial charge on any atom is 0.275 e. The van der Waals surface area contributed by atoms with Crippen LogP contribution in [-0.4, -0.2) is 27.8 Å². The predicted molar refractivity (Wildman–Crippen MR) is 62.5 cm³/mol. The molecule has 1 amide bonds. The number of carbonyl (C=O) groups excluding carboxylic acids is 1. The van der Waals surface area contributed by atoms with E-state index >= 15 is 0 Å². The number of hydrogen-bond donors (Lipinski definition) is 1. The van der Waals surface area contributed by atoms with E-state index in [1.807, 2.05) is 13.8 Å². The normalized spacial score (nSPS) is 10.8. The number of aryl methyl sites for hydroxylation is 3. The summed E-state index contributed by atoms with van der Waals surface area (Å²) in [5.74, 6) is -0.292. The van der Waals surface area contributed by atoms with Gasteiger partial charge in [-0.1, -0.05) is 0 Å². The van der Waals surface area contributed by atoms with E-state index < -0.39 is 0 Å². The van der Waals surface area contributed by atoms with Gasteiger partial charge in [-0.3, -0.25) is 14.3 Å². The molecule has 0 aliphatic carbocycles. The Labute approximate surface area is 98.5 Å². The first-order valence-corrected chi connectivity index (χ1v) is 5.19. The van der Waals surface area contributed by atoms with Crippen LogP contribution >= 0.6 is 0 Å². The lowest BCUT2D eigenvalue weighted by Gasteiger charge is -2.05. The second kappa shape index (κ2) is 4.14. The number of hydroxylamine groups is 1. The smallest absolute Gasteiger partial charge is 0.275 e. The molecule has 0 unspecified atom stereocenters. The summed E-state index contributed by atoms with van der Waals surface area (Å²) in [4.78, 5) is 20.9. The van der Waals surface area contributed by atoms with E-state index in [-0.39, 0.29) is 5.91 Å². The Hall–Kier alpha value is -1.95. The molecule has 0 atom stereocenters. The average Bonchev–Trinajstić information content (AvgIpc) is 2.54. The molecule has 2 heterocycles.